The number of ether oxygens (including phenoxy) is 1. The van der Waals surface area contributed by atoms with Crippen LogP contribution >= 0.6 is 11.6 Å². The van der Waals surface area contributed by atoms with Crippen molar-refractivity contribution in [1.82, 2.24) is 0 Å². The minimum atomic E-state index is 0.552. The van der Waals surface area contributed by atoms with Crippen LogP contribution in [0.15, 0.2) is 36.4 Å². The van der Waals surface area contributed by atoms with Gasteiger partial charge in [-0.2, -0.15) is 5.26 Å². The van der Waals surface area contributed by atoms with Crippen LogP contribution in [0.5, 0.6) is 5.75 Å². The van der Waals surface area contributed by atoms with Gasteiger partial charge in [-0.1, -0.05) is 17.7 Å². The second-order valence-electron chi connectivity index (χ2n) is 3.76. The Labute approximate surface area is 110 Å². The summed E-state index contributed by atoms with van der Waals surface area (Å²) in [7, 11) is 1.58. The van der Waals surface area contributed by atoms with Crippen molar-refractivity contribution in [3.8, 4) is 22.9 Å². The molecule has 0 bridgehead atoms. The minimum absolute atomic E-state index is 0.552. The van der Waals surface area contributed by atoms with Gasteiger partial charge in [-0.3, -0.25) is 0 Å². The first-order valence-electron chi connectivity index (χ1n) is 5.29. The first kappa shape index (κ1) is 12.3. The molecule has 2 N–H and O–H groups in total. The number of nitrogens with zero attached hydrogens (tertiary/aromatic N) is 1. The van der Waals surface area contributed by atoms with E-state index < -0.39 is 0 Å². The molecule has 0 aliphatic carbocycles. The third kappa shape index (κ3) is 2.24. The lowest BCUT2D eigenvalue weighted by molar-refractivity contribution is 0.416. The molecular formula is C14H11ClN2O. The van der Waals surface area contributed by atoms with E-state index in [1.54, 1.807) is 37.4 Å². The molecule has 0 saturated heterocycles. The Kier molecular flexibility index (Phi) is 3.40. The normalized spacial score (nSPS) is 9.83. The standard InChI is InChI=1S/C14H11ClN2O/c1-18-14-5-2-9(8-16)6-12(14)11-4-3-10(15)7-13(11)17/h2-7H,17H2,1H3. The van der Waals surface area contributed by atoms with Crippen molar-refractivity contribution >= 4 is 17.3 Å². The summed E-state index contributed by atoms with van der Waals surface area (Å²) in [6.07, 6.45) is 0. The monoisotopic (exact) mass is 258 g/mol. The highest BCUT2D eigenvalue weighted by atomic mass is 35.5. The fourth-order valence-electron chi connectivity index (χ4n) is 1.77. The van der Waals surface area contributed by atoms with Gasteiger partial charge in [-0.05, 0) is 30.3 Å². The smallest absolute Gasteiger partial charge is 0.126 e. The fraction of sp³-hybridized carbons (Fsp3) is 0.0714. The van der Waals surface area contributed by atoms with Gasteiger partial charge >= 0.3 is 0 Å². The zero-order valence-electron chi connectivity index (χ0n) is 9.77. The molecule has 0 heterocycles. The molecule has 3 nitrogen and oxygen atoms in total. The number of nitrogens with two attached hydrogens (primary N) is 1. The maximum atomic E-state index is 8.94. The molecule has 18 heavy (non-hydrogen) atoms. The Morgan fingerprint density at radius 3 is 2.56 bits per heavy atom. The summed E-state index contributed by atoms with van der Waals surface area (Å²) in [5.41, 5.74) is 8.64. The third-order valence-electron chi connectivity index (χ3n) is 2.63. The number of halogens is 1. The number of methoxy groups -OCH3 is 1. The van der Waals surface area contributed by atoms with Gasteiger partial charge in [-0.15, -0.1) is 0 Å². The number of hydrogen-bond acceptors (Lipinski definition) is 3. The number of rotatable bonds is 2. The number of anilines is 1. The van der Waals surface area contributed by atoms with Crippen LogP contribution in [0.2, 0.25) is 5.02 Å². The molecule has 0 amide bonds. The Bertz CT molecular complexity index is 632. The van der Waals surface area contributed by atoms with Crippen molar-refractivity contribution < 1.29 is 4.74 Å². The van der Waals surface area contributed by atoms with Crippen LogP contribution in [0.3, 0.4) is 0 Å². The first-order valence-corrected chi connectivity index (χ1v) is 5.67. The molecule has 2 rings (SSSR count). The highest BCUT2D eigenvalue weighted by Crippen LogP contribution is 2.35. The molecular weight excluding hydrogens is 248 g/mol. The summed E-state index contributed by atoms with van der Waals surface area (Å²) in [5, 5.41) is 9.52. The van der Waals surface area contributed by atoms with Crippen LogP contribution in [0, 0.1) is 11.3 Å². The molecule has 0 radical (unpaired) electrons. The lowest BCUT2D eigenvalue weighted by atomic mass is 10.0. The predicted octanol–water partition coefficient (Wildman–Crippen LogP) is 3.47. The molecule has 0 fully saturated rings. The van der Waals surface area contributed by atoms with Crippen molar-refractivity contribution in [2.75, 3.05) is 12.8 Å². The van der Waals surface area contributed by atoms with Crippen LogP contribution in [-0.2, 0) is 0 Å². The van der Waals surface area contributed by atoms with Crippen molar-refractivity contribution in [2.45, 2.75) is 0 Å². The summed E-state index contributed by atoms with van der Waals surface area (Å²) in [6, 6.07) is 12.5. The highest BCUT2D eigenvalue weighted by molar-refractivity contribution is 6.31. The molecule has 4 heteroatoms. The third-order valence-corrected chi connectivity index (χ3v) is 2.87. The molecule has 2 aromatic carbocycles. The molecule has 0 aliphatic heterocycles. The lowest BCUT2D eigenvalue weighted by Gasteiger charge is -2.11. The molecule has 0 unspecified atom stereocenters. The summed E-state index contributed by atoms with van der Waals surface area (Å²) in [6.45, 7) is 0. The van der Waals surface area contributed by atoms with E-state index >= 15 is 0 Å². The van der Waals surface area contributed by atoms with E-state index in [2.05, 4.69) is 6.07 Å². The van der Waals surface area contributed by atoms with Crippen LogP contribution in [0.25, 0.3) is 11.1 Å². The average Bonchev–Trinajstić information content (AvgIpc) is 2.38. The van der Waals surface area contributed by atoms with Gasteiger partial charge in [0.25, 0.3) is 0 Å². The molecule has 0 aliphatic rings. The zero-order chi connectivity index (χ0) is 13.1. The Morgan fingerprint density at radius 2 is 1.94 bits per heavy atom. The number of nitriles is 1. The summed E-state index contributed by atoms with van der Waals surface area (Å²) < 4.78 is 5.29. The van der Waals surface area contributed by atoms with E-state index in [4.69, 9.17) is 27.3 Å². The maximum absolute atomic E-state index is 8.94. The van der Waals surface area contributed by atoms with Crippen molar-refractivity contribution in [1.29, 1.82) is 5.26 Å². The van der Waals surface area contributed by atoms with E-state index in [0.717, 1.165) is 11.1 Å². The van der Waals surface area contributed by atoms with Crippen LogP contribution < -0.4 is 10.5 Å². The van der Waals surface area contributed by atoms with E-state index in [1.807, 2.05) is 6.07 Å². The summed E-state index contributed by atoms with van der Waals surface area (Å²) in [4.78, 5) is 0. The first-order chi connectivity index (χ1) is 8.65. The van der Waals surface area contributed by atoms with E-state index in [-0.39, 0.29) is 0 Å². The van der Waals surface area contributed by atoms with Crippen LogP contribution in [0.1, 0.15) is 5.56 Å². The Balaban J connectivity index is 2.65. The van der Waals surface area contributed by atoms with Gasteiger partial charge in [0.15, 0.2) is 0 Å². The topological polar surface area (TPSA) is 59.0 Å². The lowest BCUT2D eigenvalue weighted by Crippen LogP contribution is -1.94. The minimum Gasteiger partial charge on any atom is -0.496 e. The van der Waals surface area contributed by atoms with E-state index in [1.165, 1.54) is 0 Å². The van der Waals surface area contributed by atoms with Gasteiger partial charge in [0.05, 0.1) is 18.7 Å². The summed E-state index contributed by atoms with van der Waals surface area (Å²) in [5.74, 6) is 0.669. The van der Waals surface area contributed by atoms with Gasteiger partial charge < -0.3 is 10.5 Å². The van der Waals surface area contributed by atoms with Gasteiger partial charge in [-0.25, -0.2) is 0 Å². The fourth-order valence-corrected chi connectivity index (χ4v) is 1.95. The molecule has 0 saturated carbocycles. The predicted molar refractivity (Wildman–Crippen MR) is 72.6 cm³/mol. The number of hydrogen-bond donors (Lipinski definition) is 1. The van der Waals surface area contributed by atoms with Crippen molar-refractivity contribution in [2.24, 2.45) is 0 Å². The maximum Gasteiger partial charge on any atom is 0.126 e. The van der Waals surface area contributed by atoms with Gasteiger partial charge in [0, 0.05) is 21.8 Å². The van der Waals surface area contributed by atoms with Crippen LogP contribution in [-0.4, -0.2) is 7.11 Å². The van der Waals surface area contributed by atoms with Gasteiger partial charge in [0.1, 0.15) is 5.75 Å². The SMILES string of the molecule is COc1ccc(C#N)cc1-c1ccc(Cl)cc1N. The molecule has 2 aromatic rings. The van der Waals surface area contributed by atoms with E-state index in [9.17, 15) is 0 Å². The quantitative estimate of drug-likeness (QED) is 0.839. The van der Waals surface area contributed by atoms with Crippen molar-refractivity contribution in [3.63, 3.8) is 0 Å². The second kappa shape index (κ2) is 4.99. The van der Waals surface area contributed by atoms with Crippen LogP contribution in [0.4, 0.5) is 5.69 Å². The largest absolute Gasteiger partial charge is 0.496 e. The van der Waals surface area contributed by atoms with Crippen molar-refractivity contribution in [3.05, 3.63) is 47.0 Å². The Hall–Kier alpha value is -2.18. The van der Waals surface area contributed by atoms with Gasteiger partial charge in [0.2, 0.25) is 0 Å². The number of nitrogen functional groups attached to an aromatic ring is 1. The zero-order valence-corrected chi connectivity index (χ0v) is 10.5. The Morgan fingerprint density at radius 1 is 1.17 bits per heavy atom. The second-order valence-corrected chi connectivity index (χ2v) is 4.19. The molecule has 0 atom stereocenters. The molecule has 0 spiro atoms. The molecule has 0 aromatic heterocycles. The average molecular weight is 259 g/mol. The highest BCUT2D eigenvalue weighted by Gasteiger charge is 2.10. The van der Waals surface area contributed by atoms with E-state index in [0.29, 0.717) is 22.0 Å². The molecule has 90 valence electrons. The summed E-state index contributed by atoms with van der Waals surface area (Å²) >= 11 is 5.87. The number of benzene rings is 2.